The van der Waals surface area contributed by atoms with Crippen LogP contribution >= 0.6 is 0 Å². The third kappa shape index (κ3) is 2.25. The summed E-state index contributed by atoms with van der Waals surface area (Å²) in [6.45, 7) is 1.66. The number of amides is 1. The molecular formula is C11H10N2O4. The van der Waals surface area contributed by atoms with Crippen molar-refractivity contribution in [3.63, 3.8) is 0 Å². The summed E-state index contributed by atoms with van der Waals surface area (Å²) in [6.07, 6.45) is -0.305. The standard InChI is InChI=1S/C11H10N2O4/c1-6(17-11(12)15)7-2-3-9-8(4-7)10(14)16-5-13-9/h2-6H,1H3,(H2,12,15). The van der Waals surface area contributed by atoms with E-state index in [0.717, 1.165) is 6.39 Å². The molecule has 1 atom stereocenters. The molecule has 1 aromatic carbocycles. The van der Waals surface area contributed by atoms with Crippen LogP contribution in [-0.4, -0.2) is 11.1 Å². The number of hydrogen-bond donors (Lipinski definition) is 1. The molecule has 6 nitrogen and oxygen atoms in total. The quantitative estimate of drug-likeness (QED) is 0.845. The Morgan fingerprint density at radius 2 is 2.29 bits per heavy atom. The zero-order valence-corrected chi connectivity index (χ0v) is 9.04. The van der Waals surface area contributed by atoms with Gasteiger partial charge in [-0.1, -0.05) is 6.07 Å². The molecule has 0 radical (unpaired) electrons. The van der Waals surface area contributed by atoms with Crippen LogP contribution < -0.4 is 11.4 Å². The summed E-state index contributed by atoms with van der Waals surface area (Å²) in [4.78, 5) is 26.0. The molecule has 0 fully saturated rings. The molecule has 2 aromatic rings. The van der Waals surface area contributed by atoms with E-state index in [2.05, 4.69) is 9.40 Å². The number of benzene rings is 1. The first-order valence-electron chi connectivity index (χ1n) is 4.91. The third-order valence-corrected chi connectivity index (χ3v) is 2.35. The number of carbonyl (C=O) groups excluding carboxylic acids is 1. The highest BCUT2D eigenvalue weighted by atomic mass is 16.6. The van der Waals surface area contributed by atoms with Crippen LogP contribution in [0, 0.1) is 0 Å². The molecule has 0 bridgehead atoms. The van der Waals surface area contributed by atoms with E-state index in [0.29, 0.717) is 16.5 Å². The van der Waals surface area contributed by atoms with E-state index in [9.17, 15) is 9.59 Å². The predicted molar refractivity (Wildman–Crippen MR) is 59.4 cm³/mol. The maximum absolute atomic E-state index is 11.4. The lowest BCUT2D eigenvalue weighted by Gasteiger charge is -2.11. The Balaban J connectivity index is 2.47. The van der Waals surface area contributed by atoms with Gasteiger partial charge in [-0.05, 0) is 24.6 Å². The first-order valence-corrected chi connectivity index (χ1v) is 4.91. The number of nitrogens with two attached hydrogens (primary N) is 1. The van der Waals surface area contributed by atoms with Crippen molar-refractivity contribution < 1.29 is 13.9 Å². The summed E-state index contributed by atoms with van der Waals surface area (Å²) in [6, 6.07) is 4.94. The van der Waals surface area contributed by atoms with Crippen molar-refractivity contribution in [1.82, 2.24) is 4.98 Å². The molecule has 2 rings (SSSR count). The van der Waals surface area contributed by atoms with Gasteiger partial charge in [-0.15, -0.1) is 0 Å². The lowest BCUT2D eigenvalue weighted by Crippen LogP contribution is -2.15. The van der Waals surface area contributed by atoms with Gasteiger partial charge < -0.3 is 14.9 Å². The molecular weight excluding hydrogens is 224 g/mol. The van der Waals surface area contributed by atoms with Crippen molar-refractivity contribution in [3.05, 3.63) is 40.6 Å². The van der Waals surface area contributed by atoms with Crippen molar-refractivity contribution >= 4 is 17.0 Å². The fraction of sp³-hybridized carbons (Fsp3) is 0.182. The first-order chi connectivity index (χ1) is 8.08. The second-order valence-electron chi connectivity index (χ2n) is 3.50. The Kier molecular flexibility index (Phi) is 2.78. The molecule has 0 aliphatic carbocycles. The number of ether oxygens (including phenoxy) is 1. The van der Waals surface area contributed by atoms with Crippen molar-refractivity contribution in [1.29, 1.82) is 0 Å². The van der Waals surface area contributed by atoms with Gasteiger partial charge in [-0.25, -0.2) is 14.6 Å². The van der Waals surface area contributed by atoms with E-state index >= 15 is 0 Å². The molecule has 1 amide bonds. The number of nitrogens with zero attached hydrogens (tertiary/aromatic N) is 1. The minimum absolute atomic E-state index is 0.338. The normalized spacial score (nSPS) is 12.3. The minimum Gasteiger partial charge on any atom is -0.442 e. The van der Waals surface area contributed by atoms with Crippen molar-refractivity contribution in [2.24, 2.45) is 5.73 Å². The second-order valence-corrected chi connectivity index (χ2v) is 3.50. The number of carbonyl (C=O) groups is 1. The van der Waals surface area contributed by atoms with Crippen LogP contribution in [0.25, 0.3) is 10.9 Å². The Morgan fingerprint density at radius 1 is 1.53 bits per heavy atom. The summed E-state index contributed by atoms with van der Waals surface area (Å²) >= 11 is 0. The van der Waals surface area contributed by atoms with Crippen LogP contribution in [0.3, 0.4) is 0 Å². The molecule has 1 aromatic heterocycles. The lowest BCUT2D eigenvalue weighted by atomic mass is 10.1. The average Bonchev–Trinajstić information content (AvgIpc) is 2.28. The smallest absolute Gasteiger partial charge is 0.405 e. The number of aromatic nitrogens is 1. The maximum Gasteiger partial charge on any atom is 0.405 e. The fourth-order valence-electron chi connectivity index (χ4n) is 1.52. The van der Waals surface area contributed by atoms with E-state index in [-0.39, 0.29) is 0 Å². The van der Waals surface area contributed by atoms with Gasteiger partial charge in [0, 0.05) is 0 Å². The van der Waals surface area contributed by atoms with E-state index in [1.807, 2.05) is 0 Å². The SMILES string of the molecule is CC(OC(N)=O)c1ccc2ncoc(=O)c2c1. The van der Waals surface area contributed by atoms with Gasteiger partial charge in [0.05, 0.1) is 10.9 Å². The summed E-state index contributed by atoms with van der Waals surface area (Å²) in [5, 5.41) is 0.338. The number of rotatable bonds is 2. The highest BCUT2D eigenvalue weighted by Gasteiger charge is 2.11. The summed E-state index contributed by atoms with van der Waals surface area (Å²) < 4.78 is 9.47. The molecule has 0 aliphatic heterocycles. The zero-order chi connectivity index (χ0) is 12.4. The van der Waals surface area contributed by atoms with Crippen LogP contribution in [0.1, 0.15) is 18.6 Å². The monoisotopic (exact) mass is 234 g/mol. The Hall–Kier alpha value is -2.37. The van der Waals surface area contributed by atoms with Crippen LogP contribution in [0.15, 0.2) is 33.8 Å². The van der Waals surface area contributed by atoms with Crippen molar-refractivity contribution in [2.45, 2.75) is 13.0 Å². The highest BCUT2D eigenvalue weighted by molar-refractivity contribution is 5.77. The Morgan fingerprint density at radius 3 is 3.00 bits per heavy atom. The molecule has 2 N–H and O–H groups in total. The van der Waals surface area contributed by atoms with E-state index < -0.39 is 17.8 Å². The van der Waals surface area contributed by atoms with Crippen molar-refractivity contribution in [3.8, 4) is 0 Å². The van der Waals surface area contributed by atoms with Crippen LogP contribution in [-0.2, 0) is 4.74 Å². The summed E-state index contributed by atoms with van der Waals surface area (Å²) in [5.74, 6) is 0. The maximum atomic E-state index is 11.4. The van der Waals surface area contributed by atoms with Crippen molar-refractivity contribution in [2.75, 3.05) is 0 Å². The van der Waals surface area contributed by atoms with Crippen LogP contribution in [0.5, 0.6) is 0 Å². The molecule has 6 heteroatoms. The number of fused-ring (bicyclic) bond motifs is 1. The fourth-order valence-corrected chi connectivity index (χ4v) is 1.52. The molecule has 88 valence electrons. The minimum atomic E-state index is -0.865. The topological polar surface area (TPSA) is 95.4 Å². The number of primary amides is 1. The van der Waals surface area contributed by atoms with Gasteiger partial charge in [0.1, 0.15) is 6.10 Å². The lowest BCUT2D eigenvalue weighted by molar-refractivity contribution is 0.116. The van der Waals surface area contributed by atoms with Gasteiger partial charge in [-0.2, -0.15) is 0 Å². The molecule has 1 heterocycles. The molecule has 1 unspecified atom stereocenters. The Bertz CT molecular complexity index is 620. The van der Waals surface area contributed by atoms with Gasteiger partial charge in [0.15, 0.2) is 6.39 Å². The Labute approximate surface area is 96.0 Å². The third-order valence-electron chi connectivity index (χ3n) is 2.35. The molecule has 0 aliphatic rings. The summed E-state index contributed by atoms with van der Waals surface area (Å²) in [7, 11) is 0. The van der Waals surface area contributed by atoms with E-state index in [1.165, 1.54) is 0 Å². The molecule has 0 saturated carbocycles. The molecule has 17 heavy (non-hydrogen) atoms. The zero-order valence-electron chi connectivity index (χ0n) is 9.04. The number of hydrogen-bond acceptors (Lipinski definition) is 5. The average molecular weight is 234 g/mol. The van der Waals surface area contributed by atoms with Gasteiger partial charge in [0.2, 0.25) is 0 Å². The van der Waals surface area contributed by atoms with E-state index in [1.54, 1.807) is 25.1 Å². The second kappa shape index (κ2) is 4.25. The molecule has 0 spiro atoms. The van der Waals surface area contributed by atoms with Crippen LogP contribution in [0.2, 0.25) is 0 Å². The molecule has 0 saturated heterocycles. The van der Waals surface area contributed by atoms with Gasteiger partial charge in [0.25, 0.3) is 0 Å². The van der Waals surface area contributed by atoms with Gasteiger partial charge >= 0.3 is 11.7 Å². The van der Waals surface area contributed by atoms with Gasteiger partial charge in [-0.3, -0.25) is 0 Å². The summed E-state index contributed by atoms with van der Waals surface area (Å²) in [5.41, 5.74) is 5.61. The van der Waals surface area contributed by atoms with Crippen LogP contribution in [0.4, 0.5) is 4.79 Å². The van der Waals surface area contributed by atoms with E-state index in [4.69, 9.17) is 10.5 Å². The largest absolute Gasteiger partial charge is 0.442 e. The highest BCUT2D eigenvalue weighted by Crippen LogP contribution is 2.19. The predicted octanol–water partition coefficient (Wildman–Crippen LogP) is 1.34. The first kappa shape index (κ1) is 11.1.